The molecule has 0 aliphatic heterocycles. The molecule has 0 radical (unpaired) electrons. The molecule has 0 fully saturated rings. The number of aromatic nitrogens is 1. The fraction of sp³-hybridized carbons (Fsp3) is 0.286. The van der Waals surface area contributed by atoms with Crippen molar-refractivity contribution in [1.29, 1.82) is 0 Å². The minimum absolute atomic E-state index is 0.229. The molecule has 1 rings (SSSR count). The highest BCUT2D eigenvalue weighted by Crippen LogP contribution is 2.03. The quantitative estimate of drug-likeness (QED) is 0.732. The molecular weight excluding hydrogens is 190 g/mol. The van der Waals surface area contributed by atoms with E-state index in [0.29, 0.717) is 6.42 Å². The molecule has 0 aromatic carbocycles. The summed E-state index contributed by atoms with van der Waals surface area (Å²) >= 11 is 1.47. The average Bonchev–Trinajstić information content (AvgIpc) is 2.51. The lowest BCUT2D eigenvalue weighted by Crippen LogP contribution is -2.35. The number of carbonyl (C=O) groups is 2. The van der Waals surface area contributed by atoms with E-state index in [1.165, 1.54) is 11.3 Å². The molecule has 3 amide bonds. The first-order valence-electron chi connectivity index (χ1n) is 3.65. The van der Waals surface area contributed by atoms with Crippen LogP contribution in [-0.2, 0) is 11.2 Å². The highest BCUT2D eigenvalue weighted by atomic mass is 32.1. The Balaban J connectivity index is 2.27. The normalized spacial score (nSPS) is 9.54. The van der Waals surface area contributed by atoms with Crippen LogP contribution < -0.4 is 11.1 Å². The number of hydrogen-bond donors (Lipinski definition) is 2. The Bertz CT molecular complexity index is 297. The van der Waals surface area contributed by atoms with Crippen molar-refractivity contribution in [3.8, 4) is 0 Å². The predicted octanol–water partition coefficient (Wildman–Crippen LogP) is 0.271. The van der Waals surface area contributed by atoms with Gasteiger partial charge in [-0.1, -0.05) is 0 Å². The summed E-state index contributed by atoms with van der Waals surface area (Å²) in [7, 11) is 0. The van der Waals surface area contributed by atoms with Crippen molar-refractivity contribution in [2.45, 2.75) is 12.8 Å². The van der Waals surface area contributed by atoms with Gasteiger partial charge in [0.15, 0.2) is 0 Å². The Kier molecular flexibility index (Phi) is 3.39. The standard InChI is InChI=1S/C7H9N3O2S/c8-7(12)10-6(11)2-1-5-3-13-4-9-5/h3-4H,1-2H2,(H3,8,10,11,12). The van der Waals surface area contributed by atoms with Crippen LogP contribution in [0.15, 0.2) is 10.9 Å². The number of nitrogens with zero attached hydrogens (tertiary/aromatic N) is 1. The maximum atomic E-state index is 10.9. The summed E-state index contributed by atoms with van der Waals surface area (Å²) in [5, 5.41) is 3.84. The number of nitrogens with one attached hydrogen (secondary N) is 1. The highest BCUT2D eigenvalue weighted by molar-refractivity contribution is 7.07. The third kappa shape index (κ3) is 3.66. The van der Waals surface area contributed by atoms with Gasteiger partial charge < -0.3 is 5.73 Å². The Morgan fingerprint density at radius 3 is 2.92 bits per heavy atom. The van der Waals surface area contributed by atoms with Crippen molar-refractivity contribution < 1.29 is 9.59 Å². The van der Waals surface area contributed by atoms with Crippen LogP contribution in [-0.4, -0.2) is 16.9 Å². The van der Waals surface area contributed by atoms with E-state index >= 15 is 0 Å². The number of hydrogen-bond acceptors (Lipinski definition) is 4. The first-order chi connectivity index (χ1) is 6.18. The van der Waals surface area contributed by atoms with E-state index < -0.39 is 6.03 Å². The molecule has 0 aliphatic rings. The zero-order valence-electron chi connectivity index (χ0n) is 6.82. The van der Waals surface area contributed by atoms with Crippen molar-refractivity contribution in [1.82, 2.24) is 10.3 Å². The largest absolute Gasteiger partial charge is 0.351 e. The van der Waals surface area contributed by atoms with E-state index in [0.717, 1.165) is 5.69 Å². The van der Waals surface area contributed by atoms with Crippen LogP contribution in [0.5, 0.6) is 0 Å². The molecule has 0 saturated carbocycles. The molecule has 13 heavy (non-hydrogen) atoms. The van der Waals surface area contributed by atoms with Crippen molar-refractivity contribution in [2.75, 3.05) is 0 Å². The molecule has 0 aliphatic carbocycles. The lowest BCUT2D eigenvalue weighted by molar-refractivity contribution is -0.119. The van der Waals surface area contributed by atoms with Gasteiger partial charge in [0.25, 0.3) is 0 Å². The second-order valence-electron chi connectivity index (χ2n) is 2.39. The minimum atomic E-state index is -0.816. The van der Waals surface area contributed by atoms with Crippen molar-refractivity contribution in [2.24, 2.45) is 5.73 Å². The molecule has 5 nitrogen and oxygen atoms in total. The van der Waals surface area contributed by atoms with Crippen molar-refractivity contribution in [3.05, 3.63) is 16.6 Å². The molecular formula is C7H9N3O2S. The van der Waals surface area contributed by atoms with Crippen LogP contribution >= 0.6 is 11.3 Å². The zero-order chi connectivity index (χ0) is 9.68. The molecule has 6 heteroatoms. The number of urea groups is 1. The number of imide groups is 1. The van der Waals surface area contributed by atoms with Gasteiger partial charge in [-0.2, -0.15) is 0 Å². The van der Waals surface area contributed by atoms with E-state index in [-0.39, 0.29) is 12.3 Å². The van der Waals surface area contributed by atoms with E-state index in [1.807, 2.05) is 10.7 Å². The predicted molar refractivity (Wildman–Crippen MR) is 48.2 cm³/mol. The molecule has 0 spiro atoms. The first-order valence-corrected chi connectivity index (χ1v) is 4.59. The van der Waals surface area contributed by atoms with Gasteiger partial charge >= 0.3 is 6.03 Å². The maximum absolute atomic E-state index is 10.9. The number of rotatable bonds is 3. The maximum Gasteiger partial charge on any atom is 0.318 e. The molecule has 1 aromatic rings. The van der Waals surface area contributed by atoms with Crippen molar-refractivity contribution >= 4 is 23.3 Å². The van der Waals surface area contributed by atoms with Gasteiger partial charge in [0, 0.05) is 11.8 Å². The molecule has 0 bridgehead atoms. The lowest BCUT2D eigenvalue weighted by Gasteiger charge is -1.97. The number of thiazole rings is 1. The van der Waals surface area contributed by atoms with E-state index in [2.05, 4.69) is 4.98 Å². The van der Waals surface area contributed by atoms with Gasteiger partial charge in [-0.3, -0.25) is 10.1 Å². The Labute approximate surface area is 79.0 Å². The molecule has 1 aromatic heterocycles. The highest BCUT2D eigenvalue weighted by Gasteiger charge is 2.04. The second kappa shape index (κ2) is 4.56. The lowest BCUT2D eigenvalue weighted by atomic mass is 10.2. The summed E-state index contributed by atoms with van der Waals surface area (Å²) in [5.41, 5.74) is 7.31. The van der Waals surface area contributed by atoms with Crippen LogP contribution in [0.4, 0.5) is 4.79 Å². The number of carbonyl (C=O) groups excluding carboxylic acids is 2. The molecule has 3 N–H and O–H groups in total. The Hall–Kier alpha value is -1.43. The summed E-state index contributed by atoms with van der Waals surface area (Å²) in [5.74, 6) is -0.375. The van der Waals surface area contributed by atoms with Gasteiger partial charge in [-0.15, -0.1) is 11.3 Å². The van der Waals surface area contributed by atoms with Crippen molar-refractivity contribution in [3.63, 3.8) is 0 Å². The van der Waals surface area contributed by atoms with Crippen LogP contribution in [0.3, 0.4) is 0 Å². The Morgan fingerprint density at radius 1 is 1.62 bits per heavy atom. The van der Waals surface area contributed by atoms with Gasteiger partial charge in [0.1, 0.15) is 0 Å². The summed E-state index contributed by atoms with van der Waals surface area (Å²) in [6.07, 6.45) is 0.759. The van der Waals surface area contributed by atoms with Gasteiger partial charge in [0.05, 0.1) is 11.2 Å². The van der Waals surface area contributed by atoms with E-state index in [4.69, 9.17) is 5.73 Å². The molecule has 0 unspecified atom stereocenters. The molecule has 70 valence electrons. The monoisotopic (exact) mass is 199 g/mol. The Morgan fingerprint density at radius 2 is 2.38 bits per heavy atom. The van der Waals surface area contributed by atoms with Crippen LogP contribution in [0.25, 0.3) is 0 Å². The average molecular weight is 199 g/mol. The summed E-state index contributed by atoms with van der Waals surface area (Å²) in [6, 6.07) is -0.816. The van der Waals surface area contributed by atoms with Crippen LogP contribution in [0.1, 0.15) is 12.1 Å². The minimum Gasteiger partial charge on any atom is -0.351 e. The first kappa shape index (κ1) is 9.66. The number of primary amides is 1. The molecule has 0 saturated heterocycles. The van der Waals surface area contributed by atoms with Gasteiger partial charge in [-0.05, 0) is 6.42 Å². The second-order valence-corrected chi connectivity index (χ2v) is 3.11. The van der Waals surface area contributed by atoms with E-state index in [9.17, 15) is 9.59 Å². The third-order valence-corrected chi connectivity index (χ3v) is 1.99. The number of amides is 3. The molecule has 0 atom stereocenters. The zero-order valence-corrected chi connectivity index (χ0v) is 7.63. The number of nitrogens with two attached hydrogens (primary N) is 1. The van der Waals surface area contributed by atoms with E-state index in [1.54, 1.807) is 5.51 Å². The molecule has 1 heterocycles. The van der Waals surface area contributed by atoms with Crippen LogP contribution in [0, 0.1) is 0 Å². The topological polar surface area (TPSA) is 85.1 Å². The fourth-order valence-electron chi connectivity index (χ4n) is 0.803. The summed E-state index contributed by atoms with van der Waals surface area (Å²) in [6.45, 7) is 0. The number of aryl methyl sites for hydroxylation is 1. The SMILES string of the molecule is NC(=O)NC(=O)CCc1cscn1. The van der Waals surface area contributed by atoms with Gasteiger partial charge in [0.2, 0.25) is 5.91 Å². The fourth-order valence-corrected chi connectivity index (χ4v) is 1.40. The smallest absolute Gasteiger partial charge is 0.318 e. The third-order valence-electron chi connectivity index (χ3n) is 1.35. The summed E-state index contributed by atoms with van der Waals surface area (Å²) in [4.78, 5) is 25.1. The van der Waals surface area contributed by atoms with Gasteiger partial charge in [-0.25, -0.2) is 9.78 Å². The summed E-state index contributed by atoms with van der Waals surface area (Å²) < 4.78 is 0. The van der Waals surface area contributed by atoms with Crippen LogP contribution in [0.2, 0.25) is 0 Å².